The Hall–Kier alpha value is -1.42. The molecule has 1 heterocycles. The van der Waals surface area contributed by atoms with Gasteiger partial charge in [-0.2, -0.15) is 0 Å². The van der Waals surface area contributed by atoms with Crippen LogP contribution in [0, 0.1) is 6.92 Å². The molecule has 2 N–H and O–H groups in total. The van der Waals surface area contributed by atoms with Gasteiger partial charge in [0.25, 0.3) is 0 Å². The summed E-state index contributed by atoms with van der Waals surface area (Å²) in [6.07, 6.45) is 8.36. The van der Waals surface area contributed by atoms with Crippen molar-refractivity contribution in [2.24, 2.45) is 0 Å². The van der Waals surface area contributed by atoms with Gasteiger partial charge in [-0.3, -0.25) is 9.78 Å². The van der Waals surface area contributed by atoms with Crippen LogP contribution in [0.3, 0.4) is 0 Å². The molecule has 0 radical (unpaired) electrons. The summed E-state index contributed by atoms with van der Waals surface area (Å²) in [5.41, 5.74) is 2.34. The van der Waals surface area contributed by atoms with Crippen LogP contribution in [0.25, 0.3) is 0 Å². The van der Waals surface area contributed by atoms with Crippen LogP contribution in [0.2, 0.25) is 0 Å². The van der Waals surface area contributed by atoms with E-state index in [1.54, 1.807) is 6.20 Å². The summed E-state index contributed by atoms with van der Waals surface area (Å²) in [5.74, 6) is 0.105. The smallest absolute Gasteiger partial charge is 0.237 e. The van der Waals surface area contributed by atoms with Crippen molar-refractivity contribution in [1.29, 1.82) is 0 Å². The Bertz CT molecular complexity index is 427. The summed E-state index contributed by atoms with van der Waals surface area (Å²) >= 11 is 0. The number of hydrogen-bond donors (Lipinski definition) is 2. The van der Waals surface area contributed by atoms with Gasteiger partial charge in [-0.05, 0) is 43.9 Å². The Kier molecular flexibility index (Phi) is 4.91. The fraction of sp³-hybridized carbons (Fsp3) is 0.600. The molecule has 1 unspecified atom stereocenters. The predicted molar refractivity (Wildman–Crippen MR) is 75.7 cm³/mol. The molecule has 1 aliphatic carbocycles. The van der Waals surface area contributed by atoms with Crippen LogP contribution in [0.5, 0.6) is 0 Å². The molecule has 0 spiro atoms. The van der Waals surface area contributed by atoms with E-state index in [2.05, 4.69) is 22.5 Å². The topological polar surface area (TPSA) is 54.0 Å². The first kappa shape index (κ1) is 14.0. The van der Waals surface area contributed by atoms with E-state index in [0.717, 1.165) is 18.4 Å². The molecule has 0 bridgehead atoms. The average molecular weight is 261 g/mol. The molecule has 1 aliphatic rings. The summed E-state index contributed by atoms with van der Waals surface area (Å²) < 4.78 is 0. The number of carbonyl (C=O) groups is 1. The van der Waals surface area contributed by atoms with E-state index in [1.807, 2.05) is 19.2 Å². The molecular weight excluding hydrogens is 238 g/mol. The Morgan fingerprint density at radius 1 is 1.47 bits per heavy atom. The molecular formula is C15H23N3O. The largest absolute Gasteiger partial charge is 0.352 e. The predicted octanol–water partition coefficient (Wildman–Crippen LogP) is 1.93. The zero-order valence-corrected chi connectivity index (χ0v) is 11.8. The molecule has 0 saturated heterocycles. The number of nitrogens with zero attached hydrogens (tertiary/aromatic N) is 1. The molecule has 4 heteroatoms. The summed E-state index contributed by atoms with van der Waals surface area (Å²) in [6, 6.07) is 2.21. The fourth-order valence-corrected chi connectivity index (χ4v) is 2.43. The van der Waals surface area contributed by atoms with Gasteiger partial charge in [0, 0.05) is 25.0 Å². The van der Waals surface area contributed by atoms with Crippen molar-refractivity contribution in [3.05, 3.63) is 29.6 Å². The minimum absolute atomic E-state index is 0.105. The van der Waals surface area contributed by atoms with Gasteiger partial charge in [0.05, 0.1) is 6.04 Å². The summed E-state index contributed by atoms with van der Waals surface area (Å²) in [7, 11) is 0. The van der Waals surface area contributed by atoms with E-state index in [-0.39, 0.29) is 11.9 Å². The van der Waals surface area contributed by atoms with Crippen LogP contribution in [0.15, 0.2) is 18.5 Å². The third kappa shape index (κ3) is 4.03. The van der Waals surface area contributed by atoms with E-state index in [9.17, 15) is 4.79 Å². The lowest BCUT2D eigenvalue weighted by Crippen LogP contribution is -2.45. The van der Waals surface area contributed by atoms with Crippen molar-refractivity contribution < 1.29 is 4.79 Å². The molecule has 1 saturated carbocycles. The SMILES string of the molecule is Cc1ccncc1CNC(C)C(=O)NC1CCCC1. The van der Waals surface area contributed by atoms with Crippen molar-refractivity contribution in [3.63, 3.8) is 0 Å². The summed E-state index contributed by atoms with van der Waals surface area (Å²) in [4.78, 5) is 16.1. The number of hydrogen-bond acceptors (Lipinski definition) is 3. The lowest BCUT2D eigenvalue weighted by atomic mass is 10.1. The maximum atomic E-state index is 12.0. The average Bonchev–Trinajstić information content (AvgIpc) is 2.90. The van der Waals surface area contributed by atoms with Gasteiger partial charge in [-0.1, -0.05) is 12.8 Å². The molecule has 1 fully saturated rings. The minimum atomic E-state index is -0.166. The Balaban J connectivity index is 1.78. The molecule has 0 aromatic carbocycles. The van der Waals surface area contributed by atoms with Gasteiger partial charge in [0.2, 0.25) is 5.91 Å². The second kappa shape index (κ2) is 6.66. The van der Waals surface area contributed by atoms with Crippen molar-refractivity contribution >= 4 is 5.91 Å². The maximum Gasteiger partial charge on any atom is 0.237 e. The quantitative estimate of drug-likeness (QED) is 0.851. The molecule has 1 aromatic rings. The van der Waals surface area contributed by atoms with Gasteiger partial charge in [0.1, 0.15) is 0 Å². The number of carbonyl (C=O) groups excluding carboxylic acids is 1. The zero-order chi connectivity index (χ0) is 13.7. The van der Waals surface area contributed by atoms with Crippen LogP contribution in [0.1, 0.15) is 43.7 Å². The highest BCUT2D eigenvalue weighted by Gasteiger charge is 2.20. The molecule has 104 valence electrons. The lowest BCUT2D eigenvalue weighted by molar-refractivity contribution is -0.123. The number of amides is 1. The van der Waals surface area contributed by atoms with Crippen LogP contribution < -0.4 is 10.6 Å². The van der Waals surface area contributed by atoms with Crippen molar-refractivity contribution in [2.45, 2.75) is 58.2 Å². The van der Waals surface area contributed by atoms with Crippen LogP contribution >= 0.6 is 0 Å². The van der Waals surface area contributed by atoms with Crippen LogP contribution in [-0.4, -0.2) is 23.0 Å². The number of aryl methyl sites for hydroxylation is 1. The maximum absolute atomic E-state index is 12.0. The number of nitrogens with one attached hydrogen (secondary N) is 2. The van der Waals surface area contributed by atoms with Crippen LogP contribution in [-0.2, 0) is 11.3 Å². The molecule has 1 atom stereocenters. The third-order valence-corrected chi connectivity index (χ3v) is 3.84. The summed E-state index contributed by atoms with van der Waals surface area (Å²) in [5, 5.41) is 6.37. The third-order valence-electron chi connectivity index (χ3n) is 3.84. The van der Waals surface area contributed by atoms with E-state index >= 15 is 0 Å². The Morgan fingerprint density at radius 2 is 2.21 bits per heavy atom. The molecule has 4 nitrogen and oxygen atoms in total. The first-order chi connectivity index (χ1) is 9.16. The molecule has 1 amide bonds. The van der Waals surface area contributed by atoms with Gasteiger partial charge in [0.15, 0.2) is 0 Å². The van der Waals surface area contributed by atoms with Crippen LogP contribution in [0.4, 0.5) is 0 Å². The van der Waals surface area contributed by atoms with Crippen molar-refractivity contribution in [3.8, 4) is 0 Å². The fourth-order valence-electron chi connectivity index (χ4n) is 2.43. The Morgan fingerprint density at radius 3 is 2.89 bits per heavy atom. The second-order valence-electron chi connectivity index (χ2n) is 5.39. The monoisotopic (exact) mass is 261 g/mol. The van der Waals surface area contributed by atoms with Gasteiger partial charge in [-0.15, -0.1) is 0 Å². The van der Waals surface area contributed by atoms with E-state index in [0.29, 0.717) is 12.6 Å². The molecule has 2 rings (SSSR count). The number of aromatic nitrogens is 1. The highest BCUT2D eigenvalue weighted by atomic mass is 16.2. The van der Waals surface area contributed by atoms with E-state index in [4.69, 9.17) is 0 Å². The number of pyridine rings is 1. The Labute approximate surface area is 115 Å². The van der Waals surface area contributed by atoms with Gasteiger partial charge >= 0.3 is 0 Å². The molecule has 19 heavy (non-hydrogen) atoms. The molecule has 1 aromatic heterocycles. The number of rotatable bonds is 5. The summed E-state index contributed by atoms with van der Waals surface area (Å²) in [6.45, 7) is 4.65. The van der Waals surface area contributed by atoms with E-state index < -0.39 is 0 Å². The first-order valence-corrected chi connectivity index (χ1v) is 7.10. The normalized spacial score (nSPS) is 17.4. The zero-order valence-electron chi connectivity index (χ0n) is 11.8. The standard InChI is InChI=1S/C15H23N3O/c1-11-7-8-16-9-13(11)10-17-12(2)15(19)18-14-5-3-4-6-14/h7-9,12,14,17H,3-6,10H2,1-2H3,(H,18,19). The highest BCUT2D eigenvalue weighted by Crippen LogP contribution is 2.17. The molecule has 0 aliphatic heterocycles. The lowest BCUT2D eigenvalue weighted by Gasteiger charge is -2.18. The second-order valence-corrected chi connectivity index (χ2v) is 5.39. The minimum Gasteiger partial charge on any atom is -0.352 e. The highest BCUT2D eigenvalue weighted by molar-refractivity contribution is 5.81. The first-order valence-electron chi connectivity index (χ1n) is 7.10. The van der Waals surface area contributed by atoms with Gasteiger partial charge < -0.3 is 10.6 Å². The van der Waals surface area contributed by atoms with Crippen molar-refractivity contribution in [1.82, 2.24) is 15.6 Å². The van der Waals surface area contributed by atoms with E-state index in [1.165, 1.54) is 18.4 Å². The van der Waals surface area contributed by atoms with Crippen molar-refractivity contribution in [2.75, 3.05) is 0 Å². The van der Waals surface area contributed by atoms with Gasteiger partial charge in [-0.25, -0.2) is 0 Å².